The van der Waals surface area contributed by atoms with Crippen molar-refractivity contribution in [2.45, 2.75) is 50.8 Å². The van der Waals surface area contributed by atoms with Crippen LogP contribution >= 0.6 is 0 Å². The number of rotatable bonds is 5. The Labute approximate surface area is 105 Å². The number of hydrogen-bond acceptors (Lipinski definition) is 4. The first-order valence-corrected chi connectivity index (χ1v) is 6.41. The molecule has 4 nitrogen and oxygen atoms in total. The fourth-order valence-electron chi connectivity index (χ4n) is 2.48. The van der Waals surface area contributed by atoms with Crippen LogP contribution < -0.4 is 5.32 Å². The number of nitrogens with zero attached hydrogens (tertiary/aromatic N) is 2. The lowest BCUT2D eigenvalue weighted by Crippen LogP contribution is -2.48. The van der Waals surface area contributed by atoms with E-state index in [1.807, 2.05) is 14.0 Å². The minimum atomic E-state index is -0.419. The standard InChI is InChI=1S/C13H25N3O/c1-11(9-13(2,10-14)15-3)16-7-5-12(17-4)6-8-16/h11-12,15H,5-9H2,1-4H3. The summed E-state index contributed by atoms with van der Waals surface area (Å²) in [5, 5.41) is 12.3. The van der Waals surface area contributed by atoms with Crippen LogP contribution in [-0.2, 0) is 4.74 Å². The predicted octanol–water partition coefficient (Wildman–Crippen LogP) is 1.38. The Morgan fingerprint density at radius 1 is 1.53 bits per heavy atom. The second-order valence-corrected chi connectivity index (χ2v) is 5.22. The minimum Gasteiger partial charge on any atom is -0.381 e. The summed E-state index contributed by atoms with van der Waals surface area (Å²) in [7, 11) is 3.64. The first-order valence-electron chi connectivity index (χ1n) is 6.41. The number of methoxy groups -OCH3 is 1. The molecule has 2 unspecified atom stereocenters. The molecule has 1 fully saturated rings. The Hall–Kier alpha value is -0.630. The van der Waals surface area contributed by atoms with Gasteiger partial charge in [-0.2, -0.15) is 5.26 Å². The fraction of sp³-hybridized carbons (Fsp3) is 0.923. The fourth-order valence-corrected chi connectivity index (χ4v) is 2.48. The van der Waals surface area contributed by atoms with Crippen molar-refractivity contribution < 1.29 is 4.74 Å². The first kappa shape index (κ1) is 14.4. The zero-order valence-electron chi connectivity index (χ0n) is 11.5. The number of ether oxygens (including phenoxy) is 1. The topological polar surface area (TPSA) is 48.3 Å². The maximum absolute atomic E-state index is 9.16. The van der Waals surface area contributed by atoms with E-state index in [9.17, 15) is 0 Å². The van der Waals surface area contributed by atoms with Gasteiger partial charge in [0.1, 0.15) is 5.54 Å². The van der Waals surface area contributed by atoms with Gasteiger partial charge in [0.25, 0.3) is 0 Å². The van der Waals surface area contributed by atoms with E-state index in [-0.39, 0.29) is 0 Å². The molecule has 0 aromatic heterocycles. The van der Waals surface area contributed by atoms with Crippen LogP contribution in [0.1, 0.15) is 33.1 Å². The Bertz CT molecular complexity index is 268. The van der Waals surface area contributed by atoms with Crippen molar-refractivity contribution in [2.75, 3.05) is 27.2 Å². The third kappa shape index (κ3) is 3.95. The van der Waals surface area contributed by atoms with Crippen LogP contribution in [-0.4, -0.2) is 49.8 Å². The number of piperidine rings is 1. The van der Waals surface area contributed by atoms with Gasteiger partial charge in [-0.3, -0.25) is 0 Å². The molecule has 0 amide bonds. The molecule has 2 atom stereocenters. The van der Waals surface area contributed by atoms with Crippen molar-refractivity contribution in [3.05, 3.63) is 0 Å². The molecule has 1 saturated heterocycles. The SMILES string of the molecule is CNC(C)(C#N)CC(C)N1CCC(OC)CC1. The van der Waals surface area contributed by atoms with Gasteiger partial charge in [0.15, 0.2) is 0 Å². The van der Waals surface area contributed by atoms with Gasteiger partial charge < -0.3 is 15.0 Å². The Morgan fingerprint density at radius 2 is 2.12 bits per heavy atom. The molecule has 0 radical (unpaired) electrons. The summed E-state index contributed by atoms with van der Waals surface area (Å²) in [6.07, 6.45) is 3.48. The minimum absolute atomic E-state index is 0.419. The normalized spacial score (nSPS) is 23.9. The van der Waals surface area contributed by atoms with Crippen LogP contribution in [0.3, 0.4) is 0 Å². The van der Waals surface area contributed by atoms with Crippen molar-refractivity contribution in [1.82, 2.24) is 10.2 Å². The second-order valence-electron chi connectivity index (χ2n) is 5.22. The molecule has 0 aromatic rings. The maximum atomic E-state index is 9.16. The molecular weight excluding hydrogens is 214 g/mol. The van der Waals surface area contributed by atoms with E-state index in [0.717, 1.165) is 32.4 Å². The lowest BCUT2D eigenvalue weighted by molar-refractivity contribution is 0.0261. The van der Waals surface area contributed by atoms with E-state index in [4.69, 9.17) is 10.00 Å². The third-order valence-corrected chi connectivity index (χ3v) is 3.94. The van der Waals surface area contributed by atoms with Crippen LogP contribution in [0.4, 0.5) is 0 Å². The van der Waals surface area contributed by atoms with Gasteiger partial charge in [-0.25, -0.2) is 0 Å². The Balaban J connectivity index is 2.44. The van der Waals surface area contributed by atoms with Crippen molar-refractivity contribution >= 4 is 0 Å². The molecule has 98 valence electrons. The van der Waals surface area contributed by atoms with E-state index < -0.39 is 5.54 Å². The summed E-state index contributed by atoms with van der Waals surface area (Å²) in [5.74, 6) is 0. The summed E-state index contributed by atoms with van der Waals surface area (Å²) in [4.78, 5) is 2.46. The van der Waals surface area contributed by atoms with Gasteiger partial charge in [-0.1, -0.05) is 0 Å². The molecule has 17 heavy (non-hydrogen) atoms. The van der Waals surface area contributed by atoms with Gasteiger partial charge in [0.2, 0.25) is 0 Å². The van der Waals surface area contributed by atoms with Crippen LogP contribution in [0.5, 0.6) is 0 Å². The van der Waals surface area contributed by atoms with Crippen LogP contribution in [0.25, 0.3) is 0 Å². The average Bonchev–Trinajstić information content (AvgIpc) is 2.38. The van der Waals surface area contributed by atoms with Crippen LogP contribution in [0.15, 0.2) is 0 Å². The van der Waals surface area contributed by atoms with Gasteiger partial charge in [-0.15, -0.1) is 0 Å². The number of nitrogens with one attached hydrogen (secondary N) is 1. The number of nitriles is 1. The molecule has 0 saturated carbocycles. The van der Waals surface area contributed by atoms with Crippen LogP contribution in [0, 0.1) is 11.3 Å². The van der Waals surface area contributed by atoms with E-state index in [1.54, 1.807) is 7.11 Å². The summed E-state index contributed by atoms with van der Waals surface area (Å²) in [6, 6.07) is 2.79. The van der Waals surface area contributed by atoms with E-state index in [0.29, 0.717) is 12.1 Å². The van der Waals surface area contributed by atoms with Gasteiger partial charge in [0.05, 0.1) is 12.2 Å². The summed E-state index contributed by atoms with van der Waals surface area (Å²) >= 11 is 0. The second kappa shape index (κ2) is 6.34. The molecule has 0 aliphatic carbocycles. The predicted molar refractivity (Wildman–Crippen MR) is 68.8 cm³/mol. The number of likely N-dealkylation sites (tertiary alicyclic amines) is 1. The quantitative estimate of drug-likeness (QED) is 0.787. The lowest BCUT2D eigenvalue weighted by atomic mass is 9.93. The molecule has 1 aliphatic rings. The van der Waals surface area contributed by atoms with Gasteiger partial charge in [0, 0.05) is 26.2 Å². The molecule has 1 rings (SSSR count). The zero-order chi connectivity index (χ0) is 12.9. The molecule has 4 heteroatoms. The molecule has 1 heterocycles. The largest absolute Gasteiger partial charge is 0.381 e. The Morgan fingerprint density at radius 3 is 2.53 bits per heavy atom. The van der Waals surface area contributed by atoms with Crippen molar-refractivity contribution in [3.63, 3.8) is 0 Å². The maximum Gasteiger partial charge on any atom is 0.105 e. The highest BCUT2D eigenvalue weighted by atomic mass is 16.5. The highest BCUT2D eigenvalue weighted by Crippen LogP contribution is 2.20. The van der Waals surface area contributed by atoms with E-state index >= 15 is 0 Å². The zero-order valence-corrected chi connectivity index (χ0v) is 11.5. The number of hydrogen-bond donors (Lipinski definition) is 1. The molecule has 0 spiro atoms. The van der Waals surface area contributed by atoms with Crippen molar-refractivity contribution in [1.29, 1.82) is 5.26 Å². The Kier molecular flexibility index (Phi) is 5.38. The molecule has 0 aromatic carbocycles. The lowest BCUT2D eigenvalue weighted by Gasteiger charge is -2.38. The highest BCUT2D eigenvalue weighted by molar-refractivity contribution is 5.04. The summed E-state index contributed by atoms with van der Waals surface area (Å²) < 4.78 is 5.37. The van der Waals surface area contributed by atoms with Crippen LogP contribution in [0.2, 0.25) is 0 Å². The van der Waals surface area contributed by atoms with Crippen molar-refractivity contribution in [2.24, 2.45) is 0 Å². The van der Waals surface area contributed by atoms with Gasteiger partial charge >= 0.3 is 0 Å². The molecular formula is C13H25N3O. The van der Waals surface area contributed by atoms with E-state index in [2.05, 4.69) is 23.2 Å². The monoisotopic (exact) mass is 239 g/mol. The summed E-state index contributed by atoms with van der Waals surface area (Å²) in [5.41, 5.74) is -0.419. The van der Waals surface area contributed by atoms with E-state index in [1.165, 1.54) is 0 Å². The average molecular weight is 239 g/mol. The van der Waals surface area contributed by atoms with Gasteiger partial charge in [-0.05, 0) is 40.2 Å². The molecule has 1 aliphatic heterocycles. The summed E-state index contributed by atoms with van der Waals surface area (Å²) in [6.45, 7) is 6.32. The first-order chi connectivity index (χ1) is 8.04. The molecule has 0 bridgehead atoms. The molecule has 1 N–H and O–H groups in total. The smallest absolute Gasteiger partial charge is 0.105 e. The highest BCUT2D eigenvalue weighted by Gasteiger charge is 2.29. The van der Waals surface area contributed by atoms with Crippen molar-refractivity contribution in [3.8, 4) is 6.07 Å². The third-order valence-electron chi connectivity index (χ3n) is 3.94.